The van der Waals surface area contributed by atoms with Crippen LogP contribution in [0, 0.1) is 0 Å². The van der Waals surface area contributed by atoms with Gasteiger partial charge in [0.05, 0.1) is 29.3 Å². The molecule has 4 nitrogen and oxygen atoms in total. The second-order valence-electron chi connectivity index (χ2n) is 8.53. The number of allylic oxidation sites excluding steroid dienone is 2. The molecule has 0 bridgehead atoms. The van der Waals surface area contributed by atoms with Crippen LogP contribution in [0.2, 0.25) is 0 Å². The molecule has 1 amide bonds. The van der Waals surface area contributed by atoms with Gasteiger partial charge in [0.2, 0.25) is 0 Å². The van der Waals surface area contributed by atoms with E-state index in [1.807, 2.05) is 0 Å². The number of benzene rings is 2. The maximum absolute atomic E-state index is 13.4. The van der Waals surface area contributed by atoms with Crippen LogP contribution in [-0.2, 0) is 29.8 Å². The van der Waals surface area contributed by atoms with Gasteiger partial charge in [-0.2, -0.15) is 39.5 Å². The number of rotatable bonds is 6. The molecule has 206 valence electrons. The lowest BCUT2D eigenvalue weighted by Gasteiger charge is -2.24. The topological polar surface area (TPSA) is 41.6 Å². The van der Waals surface area contributed by atoms with Crippen molar-refractivity contribution < 1.29 is 49.0 Å². The molecule has 0 radical (unpaired) electrons. The van der Waals surface area contributed by atoms with Crippen molar-refractivity contribution in [3.8, 4) is 0 Å². The Balaban J connectivity index is 2.03. The van der Waals surface area contributed by atoms with Gasteiger partial charge in [-0.3, -0.25) is 4.90 Å². The summed E-state index contributed by atoms with van der Waals surface area (Å²) in [4.78, 5) is 13.6. The predicted octanol–water partition coefficient (Wildman–Crippen LogP) is 7.57. The van der Waals surface area contributed by atoms with Crippen LogP contribution in [0.15, 0.2) is 55.3 Å². The fourth-order valence-electron chi connectivity index (χ4n) is 3.97. The molecule has 0 spiro atoms. The van der Waals surface area contributed by atoms with Crippen molar-refractivity contribution in [2.45, 2.75) is 44.1 Å². The summed E-state index contributed by atoms with van der Waals surface area (Å²) >= 11 is 0. The number of hydrogen-bond donors (Lipinski definition) is 1. The summed E-state index contributed by atoms with van der Waals surface area (Å²) in [7, 11) is 1.58. The van der Waals surface area contributed by atoms with Gasteiger partial charge in [-0.05, 0) is 71.8 Å². The van der Waals surface area contributed by atoms with Crippen molar-refractivity contribution in [3.63, 3.8) is 0 Å². The lowest BCUT2D eigenvalue weighted by atomic mass is 9.95. The average Bonchev–Trinajstić information content (AvgIpc) is 3.08. The van der Waals surface area contributed by atoms with Crippen molar-refractivity contribution in [1.29, 1.82) is 0 Å². The number of halogens is 9. The van der Waals surface area contributed by atoms with E-state index in [-0.39, 0.29) is 22.8 Å². The Labute approximate surface area is 211 Å². The van der Waals surface area contributed by atoms with Crippen LogP contribution in [0.3, 0.4) is 0 Å². The monoisotopic (exact) mass is 552 g/mol. The van der Waals surface area contributed by atoms with Gasteiger partial charge in [0, 0.05) is 7.05 Å². The molecule has 3 rings (SSSR count). The van der Waals surface area contributed by atoms with Gasteiger partial charge >= 0.3 is 24.6 Å². The molecule has 1 aliphatic rings. The summed E-state index contributed by atoms with van der Waals surface area (Å²) in [5.41, 5.74) is -4.23. The summed E-state index contributed by atoms with van der Waals surface area (Å²) < 4.78 is 125. The zero-order valence-electron chi connectivity index (χ0n) is 19.9. The Bertz CT molecular complexity index is 1210. The van der Waals surface area contributed by atoms with E-state index in [2.05, 4.69) is 11.9 Å². The molecular formula is C25H21F9N2O2. The molecule has 2 aromatic carbocycles. The third-order valence-corrected chi connectivity index (χ3v) is 5.90. The van der Waals surface area contributed by atoms with Gasteiger partial charge in [0.15, 0.2) is 0 Å². The van der Waals surface area contributed by atoms with Crippen molar-refractivity contribution in [2.75, 3.05) is 7.05 Å². The van der Waals surface area contributed by atoms with E-state index >= 15 is 0 Å². The summed E-state index contributed by atoms with van der Waals surface area (Å²) in [6.45, 7) is 4.63. The number of hydrogen-bond acceptors (Lipinski definition) is 3. The Morgan fingerprint density at radius 2 is 1.50 bits per heavy atom. The zero-order valence-corrected chi connectivity index (χ0v) is 19.9. The first kappa shape index (κ1) is 28.9. The third kappa shape index (κ3) is 6.25. The Morgan fingerprint density at radius 1 is 0.947 bits per heavy atom. The third-order valence-electron chi connectivity index (χ3n) is 5.90. The first-order chi connectivity index (χ1) is 17.4. The highest BCUT2D eigenvalue weighted by Gasteiger charge is 2.43. The van der Waals surface area contributed by atoms with E-state index in [4.69, 9.17) is 4.74 Å². The second kappa shape index (κ2) is 10.3. The highest BCUT2D eigenvalue weighted by atomic mass is 19.4. The number of ether oxygens (including phenoxy) is 1. The standard InChI is InChI=1S/C25H21F9N2O2/c1-13(6-7-35-3)20-5-4-17(23(26,27)28)10-16(20)12-36-14(2)21(38-22(36)37)15-8-18(24(29,30)31)11-19(9-15)25(32,33)34/h4-11,14,21,35H,1,12H2,2-3H3/b7-6-. The summed E-state index contributed by atoms with van der Waals surface area (Å²) in [6.07, 6.45) is -14.7. The van der Waals surface area contributed by atoms with Gasteiger partial charge in [0.1, 0.15) is 6.10 Å². The summed E-state index contributed by atoms with van der Waals surface area (Å²) in [5.74, 6) is 0. The van der Waals surface area contributed by atoms with E-state index < -0.39 is 65.6 Å². The van der Waals surface area contributed by atoms with Crippen molar-refractivity contribution >= 4 is 11.7 Å². The van der Waals surface area contributed by atoms with Crippen LogP contribution in [-0.4, -0.2) is 24.1 Å². The van der Waals surface area contributed by atoms with Gasteiger partial charge in [-0.1, -0.05) is 12.6 Å². The normalized spacial score (nSPS) is 18.7. The quantitative estimate of drug-likeness (QED) is 0.297. The molecule has 1 N–H and O–H groups in total. The lowest BCUT2D eigenvalue weighted by Crippen LogP contribution is -2.32. The van der Waals surface area contributed by atoms with Crippen LogP contribution in [0.1, 0.15) is 46.4 Å². The molecule has 0 aromatic heterocycles. The average molecular weight is 552 g/mol. The zero-order chi connectivity index (χ0) is 28.6. The molecule has 38 heavy (non-hydrogen) atoms. The first-order valence-corrected chi connectivity index (χ1v) is 10.9. The largest absolute Gasteiger partial charge is 0.439 e. The van der Waals surface area contributed by atoms with E-state index in [0.29, 0.717) is 12.1 Å². The van der Waals surface area contributed by atoms with E-state index in [1.165, 1.54) is 19.2 Å². The maximum Gasteiger partial charge on any atom is 0.416 e. The minimum atomic E-state index is -5.12. The second-order valence-corrected chi connectivity index (χ2v) is 8.53. The van der Waals surface area contributed by atoms with Gasteiger partial charge in [-0.15, -0.1) is 0 Å². The number of nitrogens with one attached hydrogen (secondary N) is 1. The van der Waals surface area contributed by atoms with Crippen molar-refractivity contribution in [2.24, 2.45) is 0 Å². The SMILES string of the molecule is C=C(/C=C\NC)c1ccc(C(F)(F)F)cc1CN1C(=O)OC(c2cc(C(F)(F)F)cc(C(F)(F)F)c2)C1C. The Hall–Kier alpha value is -3.64. The van der Waals surface area contributed by atoms with Gasteiger partial charge in [0.25, 0.3) is 0 Å². The molecule has 1 saturated heterocycles. The van der Waals surface area contributed by atoms with Crippen LogP contribution < -0.4 is 5.32 Å². The molecule has 13 heteroatoms. The first-order valence-electron chi connectivity index (χ1n) is 10.9. The maximum atomic E-state index is 13.4. The van der Waals surface area contributed by atoms with Crippen LogP contribution in [0.5, 0.6) is 0 Å². The van der Waals surface area contributed by atoms with E-state index in [9.17, 15) is 44.3 Å². The minimum absolute atomic E-state index is 0.00458. The Kier molecular flexibility index (Phi) is 7.81. The summed E-state index contributed by atoms with van der Waals surface area (Å²) in [6, 6.07) is 2.50. The number of cyclic esters (lactones) is 1. The number of alkyl halides is 9. The molecule has 1 fully saturated rings. The van der Waals surface area contributed by atoms with Crippen molar-refractivity contribution in [1.82, 2.24) is 10.2 Å². The molecule has 1 heterocycles. The van der Waals surface area contributed by atoms with Crippen LogP contribution in [0.4, 0.5) is 44.3 Å². The smallest absolute Gasteiger partial charge is 0.416 e. The van der Waals surface area contributed by atoms with Crippen LogP contribution in [0.25, 0.3) is 5.57 Å². The molecule has 2 atom stereocenters. The van der Waals surface area contributed by atoms with E-state index in [0.717, 1.165) is 23.1 Å². The molecule has 1 aliphatic heterocycles. The highest BCUT2D eigenvalue weighted by Crippen LogP contribution is 2.41. The fourth-order valence-corrected chi connectivity index (χ4v) is 3.97. The molecule has 2 aromatic rings. The van der Waals surface area contributed by atoms with Crippen LogP contribution >= 0.6 is 0 Å². The number of amides is 1. The number of carbonyl (C=O) groups is 1. The lowest BCUT2D eigenvalue weighted by molar-refractivity contribution is -0.143. The summed E-state index contributed by atoms with van der Waals surface area (Å²) in [5, 5.41) is 2.70. The highest BCUT2D eigenvalue weighted by molar-refractivity contribution is 5.76. The van der Waals surface area contributed by atoms with E-state index in [1.54, 1.807) is 7.05 Å². The van der Waals surface area contributed by atoms with Crippen molar-refractivity contribution in [3.05, 3.63) is 88.6 Å². The molecule has 2 unspecified atom stereocenters. The number of carbonyl (C=O) groups excluding carboxylic acids is 1. The van der Waals surface area contributed by atoms with Gasteiger partial charge in [-0.25, -0.2) is 4.79 Å². The van der Waals surface area contributed by atoms with Gasteiger partial charge < -0.3 is 10.1 Å². The molecular weight excluding hydrogens is 531 g/mol. The Morgan fingerprint density at radius 3 is 2.00 bits per heavy atom. The predicted molar refractivity (Wildman–Crippen MR) is 119 cm³/mol. The molecule has 0 aliphatic carbocycles. The fraction of sp³-hybridized carbons (Fsp3) is 0.320. The molecule has 0 saturated carbocycles. The number of nitrogens with zero attached hydrogens (tertiary/aromatic N) is 1. The minimum Gasteiger partial charge on any atom is -0.439 e.